The topological polar surface area (TPSA) is 55.0 Å². The van der Waals surface area contributed by atoms with Gasteiger partial charge in [-0.05, 0) is 19.4 Å². The third-order valence-electron chi connectivity index (χ3n) is 2.42. The van der Waals surface area contributed by atoms with E-state index in [9.17, 15) is 0 Å². The second-order valence-corrected chi connectivity index (χ2v) is 3.52. The van der Waals surface area contributed by atoms with E-state index in [1.165, 1.54) is 5.57 Å². The van der Waals surface area contributed by atoms with Crippen LogP contribution in [0.3, 0.4) is 0 Å². The van der Waals surface area contributed by atoms with Crippen molar-refractivity contribution in [2.45, 2.75) is 13.3 Å². The predicted molar refractivity (Wildman–Crippen MR) is 57.0 cm³/mol. The van der Waals surface area contributed by atoms with Crippen LogP contribution < -0.4 is 10.6 Å². The van der Waals surface area contributed by atoms with E-state index in [0.29, 0.717) is 5.95 Å². The smallest absolute Gasteiger partial charge is 0.221 e. The minimum atomic E-state index is 0.341. The molecule has 0 atom stereocenters. The standard InChI is InChI=1S/C10H14N4/c1-8-3-6-14(7-4-8)9-2-5-12-10(11)13-9/h2-3,5H,4,6-7H2,1H3,(H2,11,12,13). The summed E-state index contributed by atoms with van der Waals surface area (Å²) in [6.07, 6.45) is 5.02. The predicted octanol–water partition coefficient (Wildman–Crippen LogP) is 1.22. The van der Waals surface area contributed by atoms with Gasteiger partial charge in [0.05, 0.1) is 0 Å². The van der Waals surface area contributed by atoms with Crippen molar-refractivity contribution in [1.29, 1.82) is 0 Å². The Balaban J connectivity index is 2.16. The van der Waals surface area contributed by atoms with Crippen LogP contribution in [0.1, 0.15) is 13.3 Å². The second kappa shape index (κ2) is 3.65. The molecule has 0 aliphatic carbocycles. The van der Waals surface area contributed by atoms with Gasteiger partial charge >= 0.3 is 0 Å². The van der Waals surface area contributed by atoms with Crippen LogP contribution in [0.15, 0.2) is 23.9 Å². The van der Waals surface area contributed by atoms with Gasteiger partial charge in [0.1, 0.15) is 5.82 Å². The molecule has 0 aromatic carbocycles. The molecule has 0 bridgehead atoms. The second-order valence-electron chi connectivity index (χ2n) is 3.52. The minimum absolute atomic E-state index is 0.341. The lowest BCUT2D eigenvalue weighted by Crippen LogP contribution is -2.29. The fourth-order valence-electron chi connectivity index (χ4n) is 1.52. The molecule has 1 aromatic heterocycles. The molecule has 2 heterocycles. The first kappa shape index (κ1) is 8.99. The Labute approximate surface area is 83.5 Å². The normalized spacial score (nSPS) is 16.6. The monoisotopic (exact) mass is 190 g/mol. The van der Waals surface area contributed by atoms with Gasteiger partial charge in [0.15, 0.2) is 0 Å². The van der Waals surface area contributed by atoms with E-state index >= 15 is 0 Å². The Morgan fingerprint density at radius 2 is 2.36 bits per heavy atom. The summed E-state index contributed by atoms with van der Waals surface area (Å²) in [7, 11) is 0. The van der Waals surface area contributed by atoms with Gasteiger partial charge in [-0.1, -0.05) is 11.6 Å². The molecule has 2 N–H and O–H groups in total. The first-order chi connectivity index (χ1) is 6.75. The lowest BCUT2D eigenvalue weighted by Gasteiger charge is -2.26. The maximum Gasteiger partial charge on any atom is 0.221 e. The Morgan fingerprint density at radius 1 is 1.50 bits per heavy atom. The number of hydrogen-bond donors (Lipinski definition) is 1. The average molecular weight is 190 g/mol. The molecule has 0 saturated carbocycles. The molecule has 1 aromatic rings. The summed E-state index contributed by atoms with van der Waals surface area (Å²) in [6.45, 7) is 4.09. The van der Waals surface area contributed by atoms with Crippen molar-refractivity contribution in [2.24, 2.45) is 0 Å². The lowest BCUT2D eigenvalue weighted by molar-refractivity contribution is 0.774. The van der Waals surface area contributed by atoms with Gasteiger partial charge < -0.3 is 10.6 Å². The summed E-state index contributed by atoms with van der Waals surface area (Å²) in [5, 5.41) is 0. The third kappa shape index (κ3) is 1.84. The van der Waals surface area contributed by atoms with Gasteiger partial charge in [0.2, 0.25) is 5.95 Å². The zero-order valence-electron chi connectivity index (χ0n) is 8.27. The van der Waals surface area contributed by atoms with Crippen molar-refractivity contribution in [3.8, 4) is 0 Å². The molecule has 0 unspecified atom stereocenters. The number of rotatable bonds is 1. The van der Waals surface area contributed by atoms with E-state index in [1.807, 2.05) is 6.07 Å². The van der Waals surface area contributed by atoms with E-state index in [1.54, 1.807) is 6.20 Å². The first-order valence-electron chi connectivity index (χ1n) is 4.75. The molecule has 2 rings (SSSR count). The lowest BCUT2D eigenvalue weighted by atomic mass is 10.1. The maximum absolute atomic E-state index is 5.53. The molecule has 1 aliphatic heterocycles. The van der Waals surface area contributed by atoms with Crippen molar-refractivity contribution in [1.82, 2.24) is 9.97 Å². The Hall–Kier alpha value is -1.58. The minimum Gasteiger partial charge on any atom is -0.368 e. The van der Waals surface area contributed by atoms with Gasteiger partial charge in [-0.3, -0.25) is 0 Å². The molecule has 14 heavy (non-hydrogen) atoms. The maximum atomic E-state index is 5.53. The first-order valence-corrected chi connectivity index (χ1v) is 4.75. The van der Waals surface area contributed by atoms with Crippen LogP contribution in [0, 0.1) is 0 Å². The van der Waals surface area contributed by atoms with Crippen molar-refractivity contribution < 1.29 is 0 Å². The number of nitrogens with zero attached hydrogens (tertiary/aromatic N) is 3. The third-order valence-corrected chi connectivity index (χ3v) is 2.42. The van der Waals surface area contributed by atoms with Gasteiger partial charge in [-0.2, -0.15) is 4.98 Å². The number of hydrogen-bond acceptors (Lipinski definition) is 4. The summed E-state index contributed by atoms with van der Waals surface area (Å²) in [4.78, 5) is 10.3. The van der Waals surface area contributed by atoms with Gasteiger partial charge in [-0.25, -0.2) is 4.98 Å². The molecule has 1 aliphatic rings. The van der Waals surface area contributed by atoms with Gasteiger partial charge in [0.25, 0.3) is 0 Å². The number of nitrogen functional groups attached to an aromatic ring is 1. The zero-order chi connectivity index (χ0) is 9.97. The fourth-order valence-corrected chi connectivity index (χ4v) is 1.52. The quantitative estimate of drug-likeness (QED) is 0.676. The van der Waals surface area contributed by atoms with Crippen molar-refractivity contribution in [3.05, 3.63) is 23.9 Å². The van der Waals surface area contributed by atoms with Crippen LogP contribution in [-0.4, -0.2) is 23.1 Å². The summed E-state index contributed by atoms with van der Waals surface area (Å²) >= 11 is 0. The summed E-state index contributed by atoms with van der Waals surface area (Å²) in [5.41, 5.74) is 6.98. The zero-order valence-corrected chi connectivity index (χ0v) is 8.27. The molecule has 0 amide bonds. The molecule has 4 nitrogen and oxygen atoms in total. The van der Waals surface area contributed by atoms with E-state index in [2.05, 4.69) is 27.9 Å². The van der Waals surface area contributed by atoms with Crippen molar-refractivity contribution in [2.75, 3.05) is 23.7 Å². The summed E-state index contributed by atoms with van der Waals surface area (Å²) < 4.78 is 0. The fraction of sp³-hybridized carbons (Fsp3) is 0.400. The average Bonchev–Trinajstić information content (AvgIpc) is 2.19. The molecular formula is C10H14N4. The van der Waals surface area contributed by atoms with Crippen LogP contribution in [0.25, 0.3) is 0 Å². The summed E-state index contributed by atoms with van der Waals surface area (Å²) in [5.74, 6) is 1.26. The molecule has 0 radical (unpaired) electrons. The van der Waals surface area contributed by atoms with Crippen molar-refractivity contribution in [3.63, 3.8) is 0 Å². The van der Waals surface area contributed by atoms with Crippen LogP contribution in [0.5, 0.6) is 0 Å². The molecule has 0 spiro atoms. The highest BCUT2D eigenvalue weighted by Crippen LogP contribution is 2.16. The molecular weight excluding hydrogens is 176 g/mol. The van der Waals surface area contributed by atoms with Crippen LogP contribution in [-0.2, 0) is 0 Å². The Bertz CT molecular complexity index is 359. The van der Waals surface area contributed by atoms with Crippen LogP contribution in [0.4, 0.5) is 11.8 Å². The van der Waals surface area contributed by atoms with E-state index in [0.717, 1.165) is 25.3 Å². The molecule has 4 heteroatoms. The van der Waals surface area contributed by atoms with E-state index < -0.39 is 0 Å². The highest BCUT2D eigenvalue weighted by atomic mass is 15.2. The van der Waals surface area contributed by atoms with Gasteiger partial charge in [-0.15, -0.1) is 0 Å². The summed E-state index contributed by atoms with van der Waals surface area (Å²) in [6, 6.07) is 1.89. The SMILES string of the molecule is CC1=CCN(c2ccnc(N)n2)CC1. The largest absolute Gasteiger partial charge is 0.368 e. The molecule has 74 valence electrons. The number of anilines is 2. The highest BCUT2D eigenvalue weighted by molar-refractivity contribution is 5.42. The molecule has 0 fully saturated rings. The van der Waals surface area contributed by atoms with Gasteiger partial charge in [0, 0.05) is 19.3 Å². The Morgan fingerprint density at radius 3 is 3.00 bits per heavy atom. The van der Waals surface area contributed by atoms with Crippen molar-refractivity contribution >= 4 is 11.8 Å². The van der Waals surface area contributed by atoms with E-state index in [4.69, 9.17) is 5.73 Å². The van der Waals surface area contributed by atoms with Crippen LogP contribution >= 0.6 is 0 Å². The number of aromatic nitrogens is 2. The highest BCUT2D eigenvalue weighted by Gasteiger charge is 2.10. The van der Waals surface area contributed by atoms with E-state index in [-0.39, 0.29) is 0 Å². The van der Waals surface area contributed by atoms with Crippen LogP contribution in [0.2, 0.25) is 0 Å². The Kier molecular flexibility index (Phi) is 2.35. The molecule has 0 saturated heterocycles. The number of nitrogens with two attached hydrogens (primary N) is 1.